The van der Waals surface area contributed by atoms with E-state index < -0.39 is 0 Å². The highest BCUT2D eigenvalue weighted by Crippen LogP contribution is 2.43. The van der Waals surface area contributed by atoms with Crippen LogP contribution in [-0.4, -0.2) is 24.1 Å². The van der Waals surface area contributed by atoms with E-state index in [9.17, 15) is 0 Å². The van der Waals surface area contributed by atoms with Gasteiger partial charge in [0.25, 0.3) is 0 Å². The summed E-state index contributed by atoms with van der Waals surface area (Å²) in [5.41, 5.74) is 11.7. The lowest BCUT2D eigenvalue weighted by Gasteiger charge is -2.16. The van der Waals surface area contributed by atoms with Crippen molar-refractivity contribution in [1.82, 2.24) is 24.1 Å². The summed E-state index contributed by atoms with van der Waals surface area (Å²) >= 11 is 0. The van der Waals surface area contributed by atoms with E-state index >= 15 is 0 Å². The monoisotopic (exact) mass is 715 g/mol. The van der Waals surface area contributed by atoms with E-state index in [1.54, 1.807) is 0 Å². The van der Waals surface area contributed by atoms with Crippen LogP contribution in [0.3, 0.4) is 0 Å². The Labute approximate surface area is 323 Å². The molecule has 0 aliphatic heterocycles. The number of nitrogens with zero attached hydrogens (tertiary/aromatic N) is 5. The number of fused-ring (bicyclic) bond motifs is 6. The fraction of sp³-hybridized carbons (Fsp3) is 0. The van der Waals surface area contributed by atoms with Gasteiger partial charge in [-0.25, -0.2) is 15.0 Å². The number of aromatic nitrogens is 5. The van der Waals surface area contributed by atoms with Gasteiger partial charge < -0.3 is 9.13 Å². The lowest BCUT2D eigenvalue weighted by atomic mass is 10.0. The molecule has 11 aromatic rings. The molecule has 56 heavy (non-hydrogen) atoms. The smallest absolute Gasteiger partial charge is 0.166 e. The Kier molecular flexibility index (Phi) is 7.42. The molecule has 0 atom stereocenters. The van der Waals surface area contributed by atoms with Crippen LogP contribution >= 0.6 is 0 Å². The lowest BCUT2D eigenvalue weighted by molar-refractivity contribution is 1.07. The van der Waals surface area contributed by atoms with Crippen molar-refractivity contribution in [2.45, 2.75) is 0 Å². The first-order chi connectivity index (χ1) is 27.8. The van der Waals surface area contributed by atoms with Crippen LogP contribution < -0.4 is 0 Å². The van der Waals surface area contributed by atoms with Crippen molar-refractivity contribution in [1.29, 1.82) is 0 Å². The SMILES string of the molecule is c1ccc(-c2ccc(-c3nc(-c4ccccc4)nc(-c4ccc(-n5c6ccccc6c6ccccc65)c5c6ccccc6n(-c6ccccc6)c45)n3)cc2)cc1. The Morgan fingerprint density at radius 2 is 0.732 bits per heavy atom. The number of hydrogen-bond acceptors (Lipinski definition) is 3. The Morgan fingerprint density at radius 3 is 1.34 bits per heavy atom. The summed E-state index contributed by atoms with van der Waals surface area (Å²) in [7, 11) is 0. The second-order valence-corrected chi connectivity index (χ2v) is 14.0. The predicted molar refractivity (Wildman–Crippen MR) is 230 cm³/mol. The van der Waals surface area contributed by atoms with Crippen LogP contribution in [0.4, 0.5) is 0 Å². The van der Waals surface area contributed by atoms with Gasteiger partial charge in [0.05, 0.1) is 27.8 Å². The molecule has 0 aliphatic rings. The largest absolute Gasteiger partial charge is 0.309 e. The predicted octanol–water partition coefficient (Wildman–Crippen LogP) is 12.7. The Bertz CT molecular complexity index is 3170. The van der Waals surface area contributed by atoms with E-state index in [-0.39, 0.29) is 0 Å². The molecule has 0 saturated carbocycles. The van der Waals surface area contributed by atoms with Gasteiger partial charge in [-0.1, -0.05) is 158 Å². The van der Waals surface area contributed by atoms with Gasteiger partial charge in [0.2, 0.25) is 0 Å². The Hall–Kier alpha value is -7.63. The molecule has 0 aliphatic carbocycles. The van der Waals surface area contributed by atoms with Gasteiger partial charge in [0.15, 0.2) is 17.5 Å². The van der Waals surface area contributed by atoms with Crippen molar-refractivity contribution >= 4 is 43.6 Å². The van der Waals surface area contributed by atoms with E-state index in [4.69, 9.17) is 15.0 Å². The van der Waals surface area contributed by atoms with Gasteiger partial charge in [-0.05, 0) is 53.6 Å². The average Bonchev–Trinajstić information content (AvgIpc) is 3.81. The second-order valence-electron chi connectivity index (χ2n) is 14.0. The first kappa shape index (κ1) is 31.9. The zero-order valence-corrected chi connectivity index (χ0v) is 30.3. The summed E-state index contributed by atoms with van der Waals surface area (Å²) in [6.07, 6.45) is 0. The topological polar surface area (TPSA) is 48.5 Å². The molecule has 3 heterocycles. The zero-order chi connectivity index (χ0) is 37.0. The van der Waals surface area contributed by atoms with Crippen molar-refractivity contribution in [2.24, 2.45) is 0 Å². The zero-order valence-electron chi connectivity index (χ0n) is 30.3. The molecule has 262 valence electrons. The summed E-state index contributed by atoms with van der Waals surface area (Å²) in [5.74, 6) is 1.86. The van der Waals surface area contributed by atoms with E-state index in [0.29, 0.717) is 17.5 Å². The van der Waals surface area contributed by atoms with Crippen LogP contribution in [0.5, 0.6) is 0 Å². The molecule has 5 heteroatoms. The maximum Gasteiger partial charge on any atom is 0.166 e. The third-order valence-electron chi connectivity index (χ3n) is 10.8. The first-order valence-electron chi connectivity index (χ1n) is 18.9. The number of benzene rings is 8. The van der Waals surface area contributed by atoms with E-state index in [0.717, 1.165) is 66.5 Å². The van der Waals surface area contributed by atoms with Crippen LogP contribution in [0, 0.1) is 0 Å². The third-order valence-corrected chi connectivity index (χ3v) is 10.8. The van der Waals surface area contributed by atoms with Crippen molar-refractivity contribution in [3.8, 4) is 56.7 Å². The minimum Gasteiger partial charge on any atom is -0.309 e. The van der Waals surface area contributed by atoms with Gasteiger partial charge in [-0.15, -0.1) is 0 Å². The third kappa shape index (κ3) is 5.13. The molecule has 5 nitrogen and oxygen atoms in total. The summed E-state index contributed by atoms with van der Waals surface area (Å²) in [5, 5.41) is 4.73. The molecule has 0 fully saturated rings. The molecule has 0 N–H and O–H groups in total. The van der Waals surface area contributed by atoms with Crippen molar-refractivity contribution in [3.63, 3.8) is 0 Å². The van der Waals surface area contributed by atoms with Crippen LogP contribution in [0.25, 0.3) is 100 Å². The molecule has 0 amide bonds. The maximum atomic E-state index is 5.31. The summed E-state index contributed by atoms with van der Waals surface area (Å²) < 4.78 is 4.79. The molecule has 0 spiro atoms. The van der Waals surface area contributed by atoms with Gasteiger partial charge in [-0.3, -0.25) is 0 Å². The highest BCUT2D eigenvalue weighted by molar-refractivity contribution is 6.19. The highest BCUT2D eigenvalue weighted by atomic mass is 15.1. The van der Waals surface area contributed by atoms with Crippen LogP contribution in [0.1, 0.15) is 0 Å². The highest BCUT2D eigenvalue weighted by Gasteiger charge is 2.24. The number of rotatable bonds is 6. The standard InChI is InChI=1S/C51H33N5/c1-4-16-34(17-5-1)35-28-30-37(31-29-35)50-52-49(36-18-6-2-7-19-36)53-51(54-50)42-32-33-46(56-43-25-13-10-22-39(43)40-23-11-14-26-44(40)56)47-41-24-12-15-27-45(41)55(48(42)47)38-20-8-3-9-21-38/h1-33H. The minimum atomic E-state index is 0.611. The number of para-hydroxylation sites is 4. The number of hydrogen-bond donors (Lipinski definition) is 0. The van der Waals surface area contributed by atoms with Gasteiger partial charge in [-0.2, -0.15) is 0 Å². The summed E-state index contributed by atoms with van der Waals surface area (Å²) in [6.45, 7) is 0. The van der Waals surface area contributed by atoms with E-state index in [2.05, 4.69) is 185 Å². The molecule has 8 aromatic carbocycles. The molecule has 0 bridgehead atoms. The molecule has 0 unspecified atom stereocenters. The summed E-state index contributed by atoms with van der Waals surface area (Å²) in [4.78, 5) is 15.7. The van der Waals surface area contributed by atoms with Crippen molar-refractivity contribution in [2.75, 3.05) is 0 Å². The average molecular weight is 716 g/mol. The summed E-state index contributed by atoms with van der Waals surface area (Å²) in [6, 6.07) is 70.2. The molecule has 0 saturated heterocycles. The van der Waals surface area contributed by atoms with Crippen LogP contribution in [0.15, 0.2) is 200 Å². The normalized spacial score (nSPS) is 11.6. The van der Waals surface area contributed by atoms with E-state index in [1.807, 2.05) is 24.3 Å². The maximum absolute atomic E-state index is 5.31. The quantitative estimate of drug-likeness (QED) is 0.172. The van der Waals surface area contributed by atoms with Gasteiger partial charge in [0, 0.05) is 43.9 Å². The molecule has 3 aromatic heterocycles. The fourth-order valence-corrected chi connectivity index (χ4v) is 8.26. The Morgan fingerprint density at radius 1 is 0.304 bits per heavy atom. The van der Waals surface area contributed by atoms with Gasteiger partial charge >= 0.3 is 0 Å². The molecular weight excluding hydrogens is 683 g/mol. The van der Waals surface area contributed by atoms with Crippen LogP contribution in [-0.2, 0) is 0 Å². The van der Waals surface area contributed by atoms with Gasteiger partial charge in [0.1, 0.15) is 0 Å². The van der Waals surface area contributed by atoms with Crippen LogP contribution in [0.2, 0.25) is 0 Å². The molecular formula is C51H33N5. The molecule has 0 radical (unpaired) electrons. The molecule has 11 rings (SSSR count). The Balaban J connectivity index is 1.23. The fourth-order valence-electron chi connectivity index (χ4n) is 8.26. The minimum absolute atomic E-state index is 0.611. The second kappa shape index (κ2) is 13.0. The van der Waals surface area contributed by atoms with Crippen molar-refractivity contribution in [3.05, 3.63) is 200 Å². The van der Waals surface area contributed by atoms with Crippen molar-refractivity contribution < 1.29 is 0 Å². The first-order valence-corrected chi connectivity index (χ1v) is 18.9. The van der Waals surface area contributed by atoms with E-state index in [1.165, 1.54) is 16.3 Å². The lowest BCUT2D eigenvalue weighted by Crippen LogP contribution is -2.03.